The molecule has 0 radical (unpaired) electrons. The molecule has 9 heavy (non-hydrogen) atoms. The summed E-state index contributed by atoms with van der Waals surface area (Å²) in [5.41, 5.74) is 0. The van der Waals surface area contributed by atoms with Crippen LogP contribution in [0.25, 0.3) is 0 Å². The van der Waals surface area contributed by atoms with E-state index in [-0.39, 0.29) is 0 Å². The second kappa shape index (κ2) is 2.99. The van der Waals surface area contributed by atoms with Gasteiger partial charge in [-0.05, 0) is 6.07 Å². The van der Waals surface area contributed by atoms with Crippen LogP contribution in [0.5, 0.6) is 0 Å². The minimum absolute atomic E-state index is 0.445. The molecular weight excluding hydrogens is 159 g/mol. The highest BCUT2D eigenvalue weighted by molar-refractivity contribution is 6.43. The molecule has 0 amide bonds. The van der Waals surface area contributed by atoms with E-state index in [0.29, 0.717) is 5.82 Å². The Bertz CT molecular complexity index is 176. The second-order valence-electron chi connectivity index (χ2n) is 1.41. The highest BCUT2D eigenvalue weighted by Gasteiger charge is 2.02. The number of hydrogen-bond donors (Lipinski definition) is 0. The molecule has 0 spiro atoms. The van der Waals surface area contributed by atoms with Crippen LogP contribution in [0.15, 0.2) is 18.5 Å². The molecule has 0 saturated carbocycles. The van der Waals surface area contributed by atoms with Crippen molar-refractivity contribution in [2.24, 2.45) is 0 Å². The fourth-order valence-corrected chi connectivity index (χ4v) is 0.649. The summed E-state index contributed by atoms with van der Waals surface area (Å²) in [6, 6.07) is 1.71. The first-order chi connectivity index (χ1) is 4.30. The normalized spacial score (nSPS) is 10.1. The van der Waals surface area contributed by atoms with Crippen LogP contribution < -0.4 is 0 Å². The Morgan fingerprint density at radius 1 is 1.22 bits per heavy atom. The summed E-state index contributed by atoms with van der Waals surface area (Å²) in [5.74, 6) is 0.445. The summed E-state index contributed by atoms with van der Waals surface area (Å²) in [4.78, 5) is 6.99. The molecule has 0 aliphatic rings. The maximum atomic E-state index is 5.44. The second-order valence-corrected chi connectivity index (χ2v) is 2.50. The van der Waals surface area contributed by atoms with Gasteiger partial charge in [0, 0.05) is 12.4 Å². The minimum atomic E-state index is -0.619. The first-order valence-corrected chi connectivity index (χ1v) is 3.23. The van der Waals surface area contributed by atoms with Gasteiger partial charge in [-0.1, -0.05) is 23.2 Å². The molecule has 0 aliphatic carbocycles. The first-order valence-electron chi connectivity index (χ1n) is 2.36. The van der Waals surface area contributed by atoms with Gasteiger partial charge in [-0.2, -0.15) is 0 Å². The van der Waals surface area contributed by atoms with Gasteiger partial charge >= 0.3 is 0 Å². The molecule has 0 N–H and O–H groups in total. The third kappa shape index (κ3) is 1.80. The Labute approximate surface area is 62.8 Å². The summed E-state index contributed by atoms with van der Waals surface area (Å²) < 4.78 is 0. The number of halogens is 2. The number of alkyl halides is 2. The number of nitrogens with zero attached hydrogens (tertiary/aromatic N) is 2. The summed E-state index contributed by atoms with van der Waals surface area (Å²) >= 11 is 10.9. The molecule has 0 aliphatic heterocycles. The molecular formula is C5H4Cl2N2. The van der Waals surface area contributed by atoms with E-state index in [1.165, 1.54) is 0 Å². The lowest BCUT2D eigenvalue weighted by molar-refractivity contribution is 1.01. The summed E-state index contributed by atoms with van der Waals surface area (Å²) in [6.45, 7) is 0. The number of aromatic nitrogens is 2. The van der Waals surface area contributed by atoms with Crippen molar-refractivity contribution >= 4 is 23.2 Å². The number of hydrogen-bond acceptors (Lipinski definition) is 2. The zero-order chi connectivity index (χ0) is 6.69. The predicted molar refractivity (Wildman–Crippen MR) is 36.5 cm³/mol. The van der Waals surface area contributed by atoms with E-state index in [0.717, 1.165) is 0 Å². The van der Waals surface area contributed by atoms with Crippen molar-refractivity contribution in [2.75, 3.05) is 0 Å². The maximum Gasteiger partial charge on any atom is 0.167 e. The van der Waals surface area contributed by atoms with Gasteiger partial charge in [0.1, 0.15) is 0 Å². The van der Waals surface area contributed by atoms with Crippen molar-refractivity contribution in [3.63, 3.8) is 0 Å². The van der Waals surface area contributed by atoms with E-state index in [2.05, 4.69) is 9.97 Å². The molecule has 4 heteroatoms. The van der Waals surface area contributed by atoms with E-state index in [1.807, 2.05) is 0 Å². The highest BCUT2D eigenvalue weighted by atomic mass is 35.5. The third-order valence-electron chi connectivity index (χ3n) is 0.781. The Hall–Kier alpha value is -0.340. The molecule has 0 saturated heterocycles. The van der Waals surface area contributed by atoms with Gasteiger partial charge in [-0.3, -0.25) is 0 Å². The molecule has 1 heterocycles. The van der Waals surface area contributed by atoms with Gasteiger partial charge < -0.3 is 0 Å². The van der Waals surface area contributed by atoms with Crippen molar-refractivity contribution in [2.45, 2.75) is 4.84 Å². The van der Waals surface area contributed by atoms with Crippen LogP contribution in [0.4, 0.5) is 0 Å². The van der Waals surface area contributed by atoms with Crippen LogP contribution in [0.1, 0.15) is 10.7 Å². The Morgan fingerprint density at radius 2 is 1.78 bits per heavy atom. The molecule has 1 aromatic heterocycles. The smallest absolute Gasteiger partial charge is 0.167 e. The van der Waals surface area contributed by atoms with Gasteiger partial charge in [0.25, 0.3) is 0 Å². The third-order valence-corrected chi connectivity index (χ3v) is 1.17. The molecule has 2 nitrogen and oxygen atoms in total. The molecule has 48 valence electrons. The Kier molecular flexibility index (Phi) is 2.25. The van der Waals surface area contributed by atoms with Gasteiger partial charge in [-0.25, -0.2) is 9.97 Å². The lowest BCUT2D eigenvalue weighted by Gasteiger charge is -1.94. The lowest BCUT2D eigenvalue weighted by Crippen LogP contribution is -1.89. The predicted octanol–water partition coefficient (Wildman–Crippen LogP) is 1.95. The van der Waals surface area contributed by atoms with Crippen LogP contribution in [-0.4, -0.2) is 9.97 Å². The summed E-state index contributed by atoms with van der Waals surface area (Å²) in [6.07, 6.45) is 3.19. The zero-order valence-corrected chi connectivity index (χ0v) is 5.97. The van der Waals surface area contributed by atoms with Crippen LogP contribution in [0.3, 0.4) is 0 Å². The number of rotatable bonds is 1. The van der Waals surface area contributed by atoms with E-state index < -0.39 is 4.84 Å². The van der Waals surface area contributed by atoms with Crippen LogP contribution in [0, 0.1) is 0 Å². The monoisotopic (exact) mass is 162 g/mol. The largest absolute Gasteiger partial charge is 0.239 e. The highest BCUT2D eigenvalue weighted by Crippen LogP contribution is 2.19. The van der Waals surface area contributed by atoms with Crippen molar-refractivity contribution in [3.05, 3.63) is 24.3 Å². The van der Waals surface area contributed by atoms with Crippen molar-refractivity contribution < 1.29 is 0 Å². The average Bonchev–Trinajstić information content (AvgIpc) is 1.90. The van der Waals surface area contributed by atoms with Crippen molar-refractivity contribution in [3.8, 4) is 0 Å². The fourth-order valence-electron chi connectivity index (χ4n) is 0.423. The van der Waals surface area contributed by atoms with E-state index in [1.54, 1.807) is 18.5 Å². The molecule has 0 aromatic carbocycles. The Morgan fingerprint density at radius 3 is 2.11 bits per heavy atom. The topological polar surface area (TPSA) is 25.8 Å². The van der Waals surface area contributed by atoms with Gasteiger partial charge in [-0.15, -0.1) is 0 Å². The van der Waals surface area contributed by atoms with E-state index >= 15 is 0 Å². The molecule has 0 atom stereocenters. The average molecular weight is 163 g/mol. The van der Waals surface area contributed by atoms with Crippen molar-refractivity contribution in [1.82, 2.24) is 9.97 Å². The molecule has 0 fully saturated rings. The van der Waals surface area contributed by atoms with Crippen LogP contribution in [-0.2, 0) is 0 Å². The molecule has 1 aromatic rings. The standard InChI is InChI=1S/C5H4Cl2N2/c6-4(7)5-8-2-1-3-9-5/h1-4H. The Balaban J connectivity index is 2.85. The van der Waals surface area contributed by atoms with E-state index in [9.17, 15) is 0 Å². The summed E-state index contributed by atoms with van der Waals surface area (Å²) in [7, 11) is 0. The van der Waals surface area contributed by atoms with E-state index in [4.69, 9.17) is 23.2 Å². The molecule has 0 bridgehead atoms. The van der Waals surface area contributed by atoms with Crippen LogP contribution in [0.2, 0.25) is 0 Å². The first kappa shape index (κ1) is 6.78. The minimum Gasteiger partial charge on any atom is -0.239 e. The SMILES string of the molecule is ClC(Cl)c1ncccn1. The van der Waals surface area contributed by atoms with Gasteiger partial charge in [0.2, 0.25) is 0 Å². The lowest BCUT2D eigenvalue weighted by atomic mass is 10.6. The van der Waals surface area contributed by atoms with Crippen molar-refractivity contribution in [1.29, 1.82) is 0 Å². The maximum absolute atomic E-state index is 5.44. The van der Waals surface area contributed by atoms with Crippen LogP contribution >= 0.6 is 23.2 Å². The zero-order valence-electron chi connectivity index (χ0n) is 4.46. The fraction of sp³-hybridized carbons (Fsp3) is 0.200. The van der Waals surface area contributed by atoms with Gasteiger partial charge in [0.15, 0.2) is 10.7 Å². The molecule has 0 unspecified atom stereocenters. The molecule has 1 rings (SSSR count). The summed E-state index contributed by atoms with van der Waals surface area (Å²) in [5, 5.41) is 0. The van der Waals surface area contributed by atoms with Gasteiger partial charge in [0.05, 0.1) is 0 Å². The quantitative estimate of drug-likeness (QED) is 0.591.